The van der Waals surface area contributed by atoms with Crippen molar-refractivity contribution in [3.05, 3.63) is 71.2 Å². The van der Waals surface area contributed by atoms with E-state index in [1.807, 2.05) is 36.5 Å². The van der Waals surface area contributed by atoms with Gasteiger partial charge >= 0.3 is 0 Å². The van der Waals surface area contributed by atoms with Crippen molar-refractivity contribution in [2.24, 2.45) is 4.99 Å². The predicted molar refractivity (Wildman–Crippen MR) is 87.1 cm³/mol. The van der Waals surface area contributed by atoms with Gasteiger partial charge in [0.2, 0.25) is 0 Å². The van der Waals surface area contributed by atoms with Gasteiger partial charge in [0, 0.05) is 11.8 Å². The summed E-state index contributed by atoms with van der Waals surface area (Å²) in [7, 11) is 0. The first-order valence-electron chi connectivity index (χ1n) is 6.31. The van der Waals surface area contributed by atoms with Crippen LogP contribution in [0.2, 0.25) is 5.02 Å². The van der Waals surface area contributed by atoms with Gasteiger partial charge in [0.15, 0.2) is 0 Å². The minimum absolute atomic E-state index is 0.526. The molecule has 2 nitrogen and oxygen atoms in total. The van der Waals surface area contributed by atoms with Gasteiger partial charge in [0.05, 0.1) is 16.4 Å². The van der Waals surface area contributed by atoms with E-state index in [-0.39, 0.29) is 0 Å². The molecule has 0 saturated carbocycles. The fourth-order valence-corrected chi connectivity index (χ4v) is 2.28. The highest BCUT2D eigenvalue weighted by Crippen LogP contribution is 2.25. The molecule has 0 aromatic heterocycles. The Hall–Kier alpha value is -2.32. The molecular weight excluding hydrogens is 268 g/mol. The van der Waals surface area contributed by atoms with E-state index in [1.165, 1.54) is 10.8 Å². The average Bonchev–Trinajstić information content (AvgIpc) is 2.48. The van der Waals surface area contributed by atoms with Crippen LogP contribution in [-0.2, 0) is 0 Å². The molecule has 3 aromatic rings. The van der Waals surface area contributed by atoms with Crippen molar-refractivity contribution < 1.29 is 0 Å². The van der Waals surface area contributed by atoms with Crippen molar-refractivity contribution in [2.75, 3.05) is 5.73 Å². The first kappa shape index (κ1) is 12.7. The van der Waals surface area contributed by atoms with Gasteiger partial charge in [-0.15, -0.1) is 0 Å². The van der Waals surface area contributed by atoms with Crippen LogP contribution in [0, 0.1) is 0 Å². The number of hydrogen-bond acceptors (Lipinski definition) is 2. The summed E-state index contributed by atoms with van der Waals surface area (Å²) in [5, 5.41) is 2.91. The molecule has 0 fully saturated rings. The molecule has 0 bridgehead atoms. The van der Waals surface area contributed by atoms with E-state index in [4.69, 9.17) is 17.3 Å². The summed E-state index contributed by atoms with van der Waals surface area (Å²) in [6.07, 6.45) is 1.85. The number of aliphatic imine (C=N–C) groups is 1. The Morgan fingerprint density at radius 1 is 0.950 bits per heavy atom. The molecule has 0 atom stereocenters. The Bertz CT molecular complexity index is 789. The molecule has 3 rings (SSSR count). The molecule has 2 N–H and O–H groups in total. The molecule has 0 radical (unpaired) electrons. The zero-order valence-corrected chi connectivity index (χ0v) is 11.5. The Labute approximate surface area is 122 Å². The number of nitrogens with two attached hydrogens (primary N) is 1. The summed E-state index contributed by atoms with van der Waals surface area (Å²) in [6, 6.07) is 19.8. The van der Waals surface area contributed by atoms with Gasteiger partial charge in [0.1, 0.15) is 0 Å². The maximum Gasteiger partial charge on any atom is 0.0656 e. The van der Waals surface area contributed by atoms with E-state index in [9.17, 15) is 0 Å². The molecule has 3 heteroatoms. The van der Waals surface area contributed by atoms with E-state index in [0.717, 1.165) is 11.3 Å². The van der Waals surface area contributed by atoms with Crippen LogP contribution in [0.5, 0.6) is 0 Å². The Morgan fingerprint density at radius 3 is 2.60 bits per heavy atom. The number of hydrogen-bond donors (Lipinski definition) is 1. The largest absolute Gasteiger partial charge is 0.398 e. The number of nitrogen functional groups attached to an aromatic ring is 1. The second kappa shape index (κ2) is 5.35. The SMILES string of the molecule is Nc1ccc(N=Cc2cccc3ccccc23)cc1Cl. The van der Waals surface area contributed by atoms with Gasteiger partial charge in [-0.05, 0) is 29.0 Å². The lowest BCUT2D eigenvalue weighted by atomic mass is 10.1. The van der Waals surface area contributed by atoms with E-state index < -0.39 is 0 Å². The highest BCUT2D eigenvalue weighted by Gasteiger charge is 1.99. The van der Waals surface area contributed by atoms with Crippen LogP contribution in [0.15, 0.2) is 65.7 Å². The number of benzene rings is 3. The third kappa shape index (κ3) is 2.51. The summed E-state index contributed by atoms with van der Waals surface area (Å²) < 4.78 is 0. The van der Waals surface area contributed by atoms with Crippen molar-refractivity contribution in [3.63, 3.8) is 0 Å². The summed E-state index contributed by atoms with van der Waals surface area (Å²) in [5.74, 6) is 0. The second-order valence-electron chi connectivity index (χ2n) is 4.53. The van der Waals surface area contributed by atoms with Gasteiger partial charge in [-0.1, -0.05) is 54.1 Å². The summed E-state index contributed by atoms with van der Waals surface area (Å²) >= 11 is 5.99. The number of fused-ring (bicyclic) bond motifs is 1. The van der Waals surface area contributed by atoms with Crippen LogP contribution in [0.4, 0.5) is 11.4 Å². The smallest absolute Gasteiger partial charge is 0.0656 e. The molecule has 0 aliphatic heterocycles. The fraction of sp³-hybridized carbons (Fsp3) is 0. The normalized spacial score (nSPS) is 11.2. The lowest BCUT2D eigenvalue weighted by Crippen LogP contribution is -1.85. The Morgan fingerprint density at radius 2 is 1.75 bits per heavy atom. The van der Waals surface area contributed by atoms with Crippen molar-refractivity contribution in [3.8, 4) is 0 Å². The van der Waals surface area contributed by atoms with Gasteiger partial charge in [-0.25, -0.2) is 0 Å². The van der Waals surface area contributed by atoms with E-state index in [2.05, 4.69) is 23.2 Å². The third-order valence-corrected chi connectivity index (χ3v) is 3.49. The molecule has 0 aliphatic carbocycles. The van der Waals surface area contributed by atoms with Crippen LogP contribution in [0.1, 0.15) is 5.56 Å². The summed E-state index contributed by atoms with van der Waals surface area (Å²) in [6.45, 7) is 0. The summed E-state index contributed by atoms with van der Waals surface area (Å²) in [5.41, 5.74) is 8.12. The first-order chi connectivity index (χ1) is 9.74. The highest BCUT2D eigenvalue weighted by atomic mass is 35.5. The molecule has 98 valence electrons. The maximum atomic E-state index is 5.99. The fourth-order valence-electron chi connectivity index (χ4n) is 2.10. The zero-order valence-electron chi connectivity index (χ0n) is 10.8. The van der Waals surface area contributed by atoms with Crippen molar-refractivity contribution >= 4 is 40.0 Å². The van der Waals surface area contributed by atoms with E-state index in [1.54, 1.807) is 12.1 Å². The van der Waals surface area contributed by atoms with Gasteiger partial charge in [0.25, 0.3) is 0 Å². The standard InChI is InChI=1S/C17H13ClN2/c18-16-10-14(8-9-17(16)19)20-11-13-6-3-5-12-4-1-2-7-15(12)13/h1-11H,19H2. The van der Waals surface area contributed by atoms with Gasteiger partial charge in [-0.2, -0.15) is 0 Å². The molecule has 20 heavy (non-hydrogen) atoms. The maximum absolute atomic E-state index is 5.99. The number of halogens is 1. The number of nitrogens with zero attached hydrogens (tertiary/aromatic N) is 1. The number of rotatable bonds is 2. The van der Waals surface area contributed by atoms with Crippen molar-refractivity contribution in [2.45, 2.75) is 0 Å². The molecule has 0 amide bonds. The van der Waals surface area contributed by atoms with Crippen molar-refractivity contribution in [1.29, 1.82) is 0 Å². The highest BCUT2D eigenvalue weighted by molar-refractivity contribution is 6.33. The topological polar surface area (TPSA) is 38.4 Å². The lowest BCUT2D eigenvalue weighted by Gasteiger charge is -2.02. The third-order valence-electron chi connectivity index (χ3n) is 3.16. The quantitative estimate of drug-likeness (QED) is 0.530. The molecular formula is C17H13ClN2. The van der Waals surface area contributed by atoms with Crippen LogP contribution in [0.3, 0.4) is 0 Å². The van der Waals surface area contributed by atoms with E-state index in [0.29, 0.717) is 10.7 Å². The van der Waals surface area contributed by atoms with Crippen LogP contribution in [-0.4, -0.2) is 6.21 Å². The minimum atomic E-state index is 0.526. The monoisotopic (exact) mass is 280 g/mol. The molecule has 0 aliphatic rings. The van der Waals surface area contributed by atoms with Crippen LogP contribution in [0.25, 0.3) is 10.8 Å². The Kier molecular flexibility index (Phi) is 3.40. The molecule has 3 aromatic carbocycles. The Balaban J connectivity index is 2.00. The van der Waals surface area contributed by atoms with Crippen LogP contribution >= 0.6 is 11.6 Å². The molecule has 0 saturated heterocycles. The first-order valence-corrected chi connectivity index (χ1v) is 6.69. The number of anilines is 1. The van der Waals surface area contributed by atoms with Crippen LogP contribution < -0.4 is 5.73 Å². The summed E-state index contributed by atoms with van der Waals surface area (Å²) in [4.78, 5) is 4.46. The second-order valence-corrected chi connectivity index (χ2v) is 4.94. The predicted octanol–water partition coefficient (Wildman–Crippen LogP) is 4.83. The molecule has 0 heterocycles. The van der Waals surface area contributed by atoms with Crippen molar-refractivity contribution in [1.82, 2.24) is 0 Å². The van der Waals surface area contributed by atoms with Gasteiger partial charge in [-0.3, -0.25) is 4.99 Å². The molecule has 0 spiro atoms. The van der Waals surface area contributed by atoms with Gasteiger partial charge < -0.3 is 5.73 Å². The zero-order chi connectivity index (χ0) is 13.9. The van der Waals surface area contributed by atoms with E-state index >= 15 is 0 Å². The molecule has 0 unspecified atom stereocenters. The minimum Gasteiger partial charge on any atom is -0.398 e. The average molecular weight is 281 g/mol. The lowest BCUT2D eigenvalue weighted by molar-refractivity contribution is 1.53.